The highest BCUT2D eigenvalue weighted by Gasteiger charge is 2.30. The molecule has 0 fully saturated rings. The molecule has 2 nitrogen and oxygen atoms in total. The molecule has 0 saturated carbocycles. The first kappa shape index (κ1) is 12.7. The van der Waals surface area contributed by atoms with Crippen LogP contribution in [0.2, 0.25) is 0 Å². The van der Waals surface area contributed by atoms with Gasteiger partial charge in [0.1, 0.15) is 5.82 Å². The molecule has 102 valence electrons. The van der Waals surface area contributed by atoms with E-state index in [-0.39, 0.29) is 0 Å². The van der Waals surface area contributed by atoms with E-state index < -0.39 is 11.7 Å². The monoisotopic (exact) mass is 276 g/mol. The molecule has 5 heteroatoms. The van der Waals surface area contributed by atoms with Crippen molar-refractivity contribution in [3.05, 3.63) is 59.9 Å². The standard InChI is InChI=1S/C15H11F3N2/c1-10-3-2-4-13-12(10)7-8-20(13)14-6-5-11(9-19-14)15(16,17)18/h2-9H,1H3. The Kier molecular flexibility index (Phi) is 2.78. The van der Waals surface area contributed by atoms with Crippen LogP contribution in [0.1, 0.15) is 11.1 Å². The molecule has 0 unspecified atom stereocenters. The molecule has 3 aromatic rings. The maximum absolute atomic E-state index is 12.5. The number of hydrogen-bond donors (Lipinski definition) is 0. The molecule has 0 bridgehead atoms. The third-order valence-electron chi connectivity index (χ3n) is 3.27. The summed E-state index contributed by atoms with van der Waals surface area (Å²) >= 11 is 0. The van der Waals surface area contributed by atoms with Crippen LogP contribution in [0.25, 0.3) is 16.7 Å². The molecule has 2 aromatic heterocycles. The minimum Gasteiger partial charge on any atom is -0.301 e. The second-order valence-corrected chi connectivity index (χ2v) is 4.60. The summed E-state index contributed by atoms with van der Waals surface area (Å²) in [4.78, 5) is 3.91. The molecule has 0 aliphatic heterocycles. The summed E-state index contributed by atoms with van der Waals surface area (Å²) < 4.78 is 39.3. The molecule has 0 amide bonds. The predicted molar refractivity (Wildman–Crippen MR) is 70.8 cm³/mol. The molecule has 0 spiro atoms. The molecule has 0 aliphatic carbocycles. The quantitative estimate of drug-likeness (QED) is 0.646. The molecule has 20 heavy (non-hydrogen) atoms. The Hall–Kier alpha value is -2.30. The van der Waals surface area contributed by atoms with Crippen LogP contribution >= 0.6 is 0 Å². The van der Waals surface area contributed by atoms with Gasteiger partial charge in [-0.25, -0.2) is 4.98 Å². The second-order valence-electron chi connectivity index (χ2n) is 4.60. The number of alkyl halides is 3. The zero-order valence-corrected chi connectivity index (χ0v) is 10.6. The molecule has 0 saturated heterocycles. The highest BCUT2D eigenvalue weighted by atomic mass is 19.4. The van der Waals surface area contributed by atoms with Crippen LogP contribution in [0, 0.1) is 6.92 Å². The molecule has 0 atom stereocenters. The Morgan fingerprint density at radius 1 is 1.05 bits per heavy atom. The van der Waals surface area contributed by atoms with Gasteiger partial charge in [0.05, 0.1) is 11.1 Å². The van der Waals surface area contributed by atoms with Crippen molar-refractivity contribution in [2.75, 3.05) is 0 Å². The summed E-state index contributed by atoms with van der Waals surface area (Å²) in [5.41, 5.74) is 1.30. The first-order chi connectivity index (χ1) is 9.47. The van der Waals surface area contributed by atoms with E-state index in [0.29, 0.717) is 5.82 Å². The van der Waals surface area contributed by atoms with Crippen LogP contribution < -0.4 is 0 Å². The fourth-order valence-electron chi connectivity index (χ4n) is 2.22. The van der Waals surface area contributed by atoms with Crippen LogP contribution in [0.4, 0.5) is 13.2 Å². The third-order valence-corrected chi connectivity index (χ3v) is 3.27. The van der Waals surface area contributed by atoms with Gasteiger partial charge in [-0.2, -0.15) is 13.2 Å². The summed E-state index contributed by atoms with van der Waals surface area (Å²) in [5.74, 6) is 0.471. The molecular formula is C15H11F3N2. The van der Waals surface area contributed by atoms with Gasteiger partial charge in [-0.05, 0) is 36.8 Å². The highest BCUT2D eigenvalue weighted by Crippen LogP contribution is 2.29. The maximum atomic E-state index is 12.5. The van der Waals surface area contributed by atoms with E-state index in [4.69, 9.17) is 0 Å². The average Bonchev–Trinajstić information content (AvgIpc) is 2.83. The van der Waals surface area contributed by atoms with Crippen LogP contribution in [0.5, 0.6) is 0 Å². The Bertz CT molecular complexity index is 755. The Balaban J connectivity index is 2.10. The van der Waals surface area contributed by atoms with Gasteiger partial charge in [-0.15, -0.1) is 0 Å². The molecular weight excluding hydrogens is 265 g/mol. The third kappa shape index (κ3) is 2.05. The van der Waals surface area contributed by atoms with Crippen LogP contribution in [0.15, 0.2) is 48.8 Å². The lowest BCUT2D eigenvalue weighted by Gasteiger charge is -2.08. The van der Waals surface area contributed by atoms with Crippen molar-refractivity contribution < 1.29 is 13.2 Å². The van der Waals surface area contributed by atoms with E-state index in [1.165, 1.54) is 6.07 Å². The van der Waals surface area contributed by atoms with Gasteiger partial charge in [-0.3, -0.25) is 0 Å². The zero-order chi connectivity index (χ0) is 14.3. The first-order valence-electron chi connectivity index (χ1n) is 6.07. The molecule has 0 radical (unpaired) electrons. The minimum absolute atomic E-state index is 0.471. The number of aromatic nitrogens is 2. The molecule has 0 aliphatic rings. The number of halogens is 3. The van der Waals surface area contributed by atoms with E-state index >= 15 is 0 Å². The first-order valence-corrected chi connectivity index (χ1v) is 6.07. The Morgan fingerprint density at radius 2 is 1.85 bits per heavy atom. The normalized spacial score (nSPS) is 12.0. The van der Waals surface area contributed by atoms with E-state index in [1.54, 1.807) is 4.57 Å². The Labute approximate surface area is 113 Å². The smallest absolute Gasteiger partial charge is 0.301 e. The van der Waals surface area contributed by atoms with E-state index in [2.05, 4.69) is 4.98 Å². The van der Waals surface area contributed by atoms with Crippen LogP contribution in [-0.2, 0) is 6.18 Å². The van der Waals surface area contributed by atoms with E-state index in [1.807, 2.05) is 37.4 Å². The number of hydrogen-bond acceptors (Lipinski definition) is 1. The van der Waals surface area contributed by atoms with Crippen molar-refractivity contribution in [2.45, 2.75) is 13.1 Å². The fraction of sp³-hybridized carbons (Fsp3) is 0.133. The lowest BCUT2D eigenvalue weighted by molar-refractivity contribution is -0.137. The minimum atomic E-state index is -4.36. The largest absolute Gasteiger partial charge is 0.417 e. The van der Waals surface area contributed by atoms with Crippen LogP contribution in [0.3, 0.4) is 0 Å². The average molecular weight is 276 g/mol. The van der Waals surface area contributed by atoms with Gasteiger partial charge in [0.2, 0.25) is 0 Å². The van der Waals surface area contributed by atoms with Crippen molar-refractivity contribution in [3.63, 3.8) is 0 Å². The Morgan fingerprint density at radius 3 is 2.50 bits per heavy atom. The molecule has 3 rings (SSSR count). The van der Waals surface area contributed by atoms with Gasteiger partial charge in [0.25, 0.3) is 0 Å². The van der Waals surface area contributed by atoms with E-state index in [9.17, 15) is 13.2 Å². The van der Waals surface area contributed by atoms with Crippen molar-refractivity contribution in [1.29, 1.82) is 0 Å². The topological polar surface area (TPSA) is 17.8 Å². The number of rotatable bonds is 1. The van der Waals surface area contributed by atoms with Crippen LogP contribution in [-0.4, -0.2) is 9.55 Å². The van der Waals surface area contributed by atoms with Gasteiger partial charge in [0, 0.05) is 17.8 Å². The highest BCUT2D eigenvalue weighted by molar-refractivity contribution is 5.84. The molecule has 0 N–H and O–H groups in total. The van der Waals surface area contributed by atoms with Crippen molar-refractivity contribution in [1.82, 2.24) is 9.55 Å². The number of fused-ring (bicyclic) bond motifs is 1. The zero-order valence-electron chi connectivity index (χ0n) is 10.6. The summed E-state index contributed by atoms with van der Waals surface area (Å²) in [6.45, 7) is 1.99. The second kappa shape index (κ2) is 4.37. The molecule has 2 heterocycles. The fourth-order valence-corrected chi connectivity index (χ4v) is 2.22. The van der Waals surface area contributed by atoms with Crippen molar-refractivity contribution in [3.8, 4) is 5.82 Å². The number of pyridine rings is 1. The van der Waals surface area contributed by atoms with E-state index in [0.717, 1.165) is 28.7 Å². The lowest BCUT2D eigenvalue weighted by atomic mass is 10.1. The summed E-state index contributed by atoms with van der Waals surface area (Å²) in [7, 11) is 0. The number of aryl methyl sites for hydroxylation is 1. The SMILES string of the molecule is Cc1cccc2c1ccn2-c1ccc(C(F)(F)F)cn1. The number of benzene rings is 1. The summed E-state index contributed by atoms with van der Waals surface area (Å²) in [6, 6.07) is 10.2. The van der Waals surface area contributed by atoms with Gasteiger partial charge < -0.3 is 4.57 Å². The van der Waals surface area contributed by atoms with Crippen molar-refractivity contribution >= 4 is 10.9 Å². The van der Waals surface area contributed by atoms with Crippen molar-refractivity contribution in [2.24, 2.45) is 0 Å². The summed E-state index contributed by atoms with van der Waals surface area (Å²) in [5, 5.41) is 1.06. The van der Waals surface area contributed by atoms with Gasteiger partial charge >= 0.3 is 6.18 Å². The molecule has 1 aromatic carbocycles. The maximum Gasteiger partial charge on any atom is 0.417 e. The van der Waals surface area contributed by atoms with Gasteiger partial charge in [0.15, 0.2) is 0 Å². The predicted octanol–water partition coefficient (Wildman–Crippen LogP) is 4.35. The summed E-state index contributed by atoms with van der Waals surface area (Å²) in [6.07, 6.45) is -1.69. The number of nitrogens with zero attached hydrogens (tertiary/aromatic N) is 2. The van der Waals surface area contributed by atoms with Gasteiger partial charge in [-0.1, -0.05) is 12.1 Å². The lowest BCUT2D eigenvalue weighted by Crippen LogP contribution is -2.06.